The molecule has 0 saturated carbocycles. The number of pyridine rings is 1. The molecule has 0 aliphatic rings. The first-order chi connectivity index (χ1) is 18.4. The summed E-state index contributed by atoms with van der Waals surface area (Å²) in [5.74, 6) is -0.245. The minimum atomic E-state index is -0.245. The number of nitrogens with one attached hydrogen (secondary N) is 2. The van der Waals surface area contributed by atoms with Crippen LogP contribution in [0.25, 0.3) is 51.1 Å². The molecule has 0 aliphatic heterocycles. The zero-order valence-corrected chi connectivity index (χ0v) is 21.8. The van der Waals surface area contributed by atoms with Gasteiger partial charge in [0.1, 0.15) is 17.8 Å². The highest BCUT2D eigenvalue weighted by Gasteiger charge is 2.14. The molecule has 0 fully saturated rings. The fourth-order valence-electron chi connectivity index (χ4n) is 4.62. The Morgan fingerprint density at radius 2 is 1.87 bits per heavy atom. The highest BCUT2D eigenvalue weighted by atomic mass is 19.1. The van der Waals surface area contributed by atoms with Crippen molar-refractivity contribution >= 4 is 28.6 Å². The van der Waals surface area contributed by atoms with Crippen LogP contribution < -0.4 is 10.6 Å². The van der Waals surface area contributed by atoms with Crippen LogP contribution in [0, 0.1) is 5.82 Å². The molecule has 38 heavy (non-hydrogen) atoms. The Kier molecular flexibility index (Phi) is 7.24. The zero-order valence-electron chi connectivity index (χ0n) is 21.8. The van der Waals surface area contributed by atoms with Gasteiger partial charge >= 0.3 is 0 Å². The summed E-state index contributed by atoms with van der Waals surface area (Å²) >= 11 is 0. The van der Waals surface area contributed by atoms with Crippen molar-refractivity contribution in [3.63, 3.8) is 0 Å². The van der Waals surface area contributed by atoms with Crippen LogP contribution in [0.2, 0.25) is 0 Å². The predicted octanol–water partition coefficient (Wildman–Crippen LogP) is 4.34. The van der Waals surface area contributed by atoms with Crippen molar-refractivity contribution in [3.8, 4) is 22.5 Å². The molecule has 8 heteroatoms. The van der Waals surface area contributed by atoms with Gasteiger partial charge < -0.3 is 9.88 Å². The molecule has 0 saturated heterocycles. The van der Waals surface area contributed by atoms with E-state index < -0.39 is 0 Å². The number of H-pyrrole nitrogens is 2. The van der Waals surface area contributed by atoms with Gasteiger partial charge in [-0.05, 0) is 81.4 Å². The van der Waals surface area contributed by atoms with E-state index in [1.807, 2.05) is 39.2 Å². The van der Waals surface area contributed by atoms with E-state index in [9.17, 15) is 4.39 Å². The molecule has 0 amide bonds. The van der Waals surface area contributed by atoms with Crippen LogP contribution in [0.15, 0.2) is 62.0 Å². The lowest BCUT2D eigenvalue weighted by Gasteiger charge is -2.10. The van der Waals surface area contributed by atoms with Crippen LogP contribution >= 0.6 is 0 Å². The molecule has 0 aliphatic carbocycles. The fraction of sp³-hybridized carbons (Fsp3) is 0.200. The number of fused-ring (bicyclic) bond motifs is 1. The highest BCUT2D eigenvalue weighted by Crippen LogP contribution is 2.31. The summed E-state index contributed by atoms with van der Waals surface area (Å²) in [4.78, 5) is 18.2. The van der Waals surface area contributed by atoms with Gasteiger partial charge in [0.05, 0.1) is 22.8 Å². The lowest BCUT2D eigenvalue weighted by Crippen LogP contribution is -2.23. The molecule has 0 unspecified atom stereocenters. The molecule has 0 radical (unpaired) electrons. The van der Waals surface area contributed by atoms with Gasteiger partial charge in [-0.2, -0.15) is 5.10 Å². The summed E-state index contributed by atoms with van der Waals surface area (Å²) in [5, 5.41) is 10.4. The molecule has 1 aromatic carbocycles. The summed E-state index contributed by atoms with van der Waals surface area (Å²) in [6.45, 7) is 7.11. The summed E-state index contributed by atoms with van der Waals surface area (Å²) in [7, 11) is 4.09. The van der Waals surface area contributed by atoms with Crippen LogP contribution in [0.5, 0.6) is 0 Å². The first kappa shape index (κ1) is 25.2. The molecule has 0 atom stereocenters. The van der Waals surface area contributed by atoms with Crippen molar-refractivity contribution in [2.45, 2.75) is 19.8 Å². The Labute approximate surface area is 220 Å². The predicted molar refractivity (Wildman–Crippen MR) is 151 cm³/mol. The lowest BCUT2D eigenvalue weighted by atomic mass is 9.99. The third-order valence-corrected chi connectivity index (χ3v) is 6.51. The third-order valence-electron chi connectivity index (χ3n) is 6.51. The van der Waals surface area contributed by atoms with Gasteiger partial charge in [-0.1, -0.05) is 18.7 Å². The lowest BCUT2D eigenvalue weighted by molar-refractivity contribution is 0.400. The van der Waals surface area contributed by atoms with Crippen LogP contribution in [-0.4, -0.2) is 55.7 Å². The number of hydrogen-bond acceptors (Lipinski definition) is 5. The number of hydrogen-bond donors (Lipinski definition) is 2. The van der Waals surface area contributed by atoms with Gasteiger partial charge in [0, 0.05) is 40.3 Å². The summed E-state index contributed by atoms with van der Waals surface area (Å²) in [6, 6.07) is 7.30. The molecule has 7 nitrogen and oxygen atoms in total. The van der Waals surface area contributed by atoms with Crippen molar-refractivity contribution in [1.29, 1.82) is 0 Å². The van der Waals surface area contributed by atoms with Gasteiger partial charge in [0.25, 0.3) is 0 Å². The molecule has 4 aromatic heterocycles. The van der Waals surface area contributed by atoms with Gasteiger partial charge in [-0.25, -0.2) is 14.4 Å². The maximum absolute atomic E-state index is 14.6. The van der Waals surface area contributed by atoms with E-state index in [0.29, 0.717) is 0 Å². The second-order valence-corrected chi connectivity index (χ2v) is 9.57. The van der Waals surface area contributed by atoms with Crippen molar-refractivity contribution in [3.05, 3.63) is 89.5 Å². The summed E-state index contributed by atoms with van der Waals surface area (Å²) in [5.41, 5.74) is 6.68. The second kappa shape index (κ2) is 10.9. The smallest absolute Gasteiger partial charge is 0.124 e. The maximum Gasteiger partial charge on any atom is 0.124 e. The zero-order chi connectivity index (χ0) is 26.6. The van der Waals surface area contributed by atoms with Gasteiger partial charge in [-0.3, -0.25) is 10.1 Å². The second-order valence-electron chi connectivity index (χ2n) is 9.57. The van der Waals surface area contributed by atoms with E-state index in [-0.39, 0.29) is 5.82 Å². The normalized spacial score (nSPS) is 12.7. The molecule has 5 aromatic rings. The molecule has 0 spiro atoms. The van der Waals surface area contributed by atoms with Gasteiger partial charge in [-0.15, -0.1) is 0 Å². The minimum Gasteiger partial charge on any atom is -0.352 e. The Bertz CT molecular complexity index is 1710. The van der Waals surface area contributed by atoms with Crippen molar-refractivity contribution in [2.75, 3.05) is 20.6 Å². The number of allylic oxidation sites excluding steroid dienone is 1. The molecule has 5 rings (SSSR count). The average molecular weight is 508 g/mol. The molecule has 0 bridgehead atoms. The first-order valence-electron chi connectivity index (χ1n) is 12.5. The van der Waals surface area contributed by atoms with E-state index in [1.165, 1.54) is 6.33 Å². The number of benzene rings is 1. The number of aromatic amines is 2. The number of nitrogens with zero attached hydrogens (tertiary/aromatic N) is 5. The van der Waals surface area contributed by atoms with Crippen LogP contribution in [-0.2, 0) is 6.42 Å². The summed E-state index contributed by atoms with van der Waals surface area (Å²) < 4.78 is 14.6. The van der Waals surface area contributed by atoms with Crippen molar-refractivity contribution in [2.24, 2.45) is 0 Å². The van der Waals surface area contributed by atoms with Crippen LogP contribution in [0.1, 0.15) is 24.5 Å². The Morgan fingerprint density at radius 1 is 1.05 bits per heavy atom. The van der Waals surface area contributed by atoms with Crippen molar-refractivity contribution in [1.82, 2.24) is 35.0 Å². The van der Waals surface area contributed by atoms with Gasteiger partial charge in [0.2, 0.25) is 0 Å². The molecule has 192 valence electrons. The molecule has 2 N–H and O–H groups in total. The van der Waals surface area contributed by atoms with E-state index in [0.717, 1.165) is 80.1 Å². The Hall–Kier alpha value is -4.43. The van der Waals surface area contributed by atoms with Crippen molar-refractivity contribution < 1.29 is 4.39 Å². The fourth-order valence-corrected chi connectivity index (χ4v) is 4.62. The highest BCUT2D eigenvalue weighted by molar-refractivity contribution is 5.97. The molecular formula is C30H30FN7. The SMILES string of the molecule is C=C(/C=c1/c(-c2cc3c(-c4cc(F)cc(CCCN(C)C)c4)cncc3[nH]2)n[nH]/c1=C/C)c1cncnc1. The van der Waals surface area contributed by atoms with E-state index in [1.54, 1.807) is 36.9 Å². The van der Waals surface area contributed by atoms with E-state index >= 15 is 0 Å². The Morgan fingerprint density at radius 3 is 2.63 bits per heavy atom. The third kappa shape index (κ3) is 5.31. The average Bonchev–Trinajstić information content (AvgIpc) is 3.52. The number of rotatable bonds is 8. The standard InChI is InChI=1S/C30H30FN7/c1-5-27-25(9-19(2)22-14-33-18-34-15-22)30(37-36-27)28-13-24-26(16-32-17-29(24)35-28)21-10-20(11-23(31)12-21)7-6-8-38(3)4/h5,9-18,35-36H,2,6-8H2,1,3-4H3/b25-9+,27-5+. The number of aromatic nitrogens is 6. The first-order valence-corrected chi connectivity index (χ1v) is 12.5. The number of aryl methyl sites for hydroxylation is 1. The Balaban J connectivity index is 1.57. The molecular weight excluding hydrogens is 477 g/mol. The number of halogens is 1. The maximum atomic E-state index is 14.6. The van der Waals surface area contributed by atoms with E-state index in [4.69, 9.17) is 0 Å². The van der Waals surface area contributed by atoms with Crippen LogP contribution in [0.4, 0.5) is 4.39 Å². The minimum absolute atomic E-state index is 0.245. The quantitative estimate of drug-likeness (QED) is 0.326. The largest absolute Gasteiger partial charge is 0.352 e. The van der Waals surface area contributed by atoms with Gasteiger partial charge in [0.15, 0.2) is 0 Å². The topological polar surface area (TPSA) is 86.4 Å². The summed E-state index contributed by atoms with van der Waals surface area (Å²) in [6.07, 6.45) is 14.2. The monoisotopic (exact) mass is 507 g/mol. The molecule has 4 heterocycles. The van der Waals surface area contributed by atoms with Crippen LogP contribution in [0.3, 0.4) is 0 Å². The van der Waals surface area contributed by atoms with E-state index in [2.05, 4.69) is 47.7 Å².